The van der Waals surface area contributed by atoms with Crippen LogP contribution in [-0.4, -0.2) is 18.3 Å². The lowest BCUT2D eigenvalue weighted by atomic mass is 9.99. The summed E-state index contributed by atoms with van der Waals surface area (Å²) in [4.78, 5) is 2.37. The summed E-state index contributed by atoms with van der Waals surface area (Å²) in [6.07, 6.45) is 0. The summed E-state index contributed by atoms with van der Waals surface area (Å²) in [5.74, 6) is 0. The van der Waals surface area contributed by atoms with E-state index in [9.17, 15) is 0 Å². The van der Waals surface area contributed by atoms with E-state index in [-0.39, 0.29) is 0 Å². The third-order valence-corrected chi connectivity index (χ3v) is 18.3. The first-order chi connectivity index (χ1) is 44.1. The third kappa shape index (κ3) is 8.17. The van der Waals surface area contributed by atoms with Crippen LogP contribution in [0.4, 0.5) is 17.1 Å². The van der Waals surface area contributed by atoms with Gasteiger partial charge in [-0.15, -0.1) is 0 Å². The quantitative estimate of drug-likeness (QED) is 0.134. The fourth-order valence-corrected chi connectivity index (χ4v) is 14.2. The number of fused-ring (bicyclic) bond motifs is 12. The first-order valence-corrected chi connectivity index (χ1v) is 30.6. The summed E-state index contributed by atoms with van der Waals surface area (Å²) >= 11 is 0. The molecule has 0 saturated heterocycles. The standard InChI is InChI=1S/C84H55N5/c1-6-20-56(21-7-1)58-34-40-65(41-35-58)85(66-42-36-59(37-43-66)57-22-8-2-9-23-57)67-44-46-68(47-45-67)89-80-49-39-61(51-72(80)76-53-74-70-31-17-19-33-78(70)87(82(74)55-84(76)89)63-26-12-4-13-27-63)60-38-48-79-71(50-60)75-52-73-69-30-16-18-32-77(69)86(62-24-10-3-11-25-62)81(73)54-83(75)88(79)64-28-14-5-15-29-64/h1-55H. The molecule has 0 aliphatic carbocycles. The molecule has 89 heavy (non-hydrogen) atoms. The minimum atomic E-state index is 1.06. The Bertz CT molecular complexity index is 5640. The van der Waals surface area contributed by atoms with E-state index in [1.165, 1.54) is 98.5 Å². The number of hydrogen-bond acceptors (Lipinski definition) is 1. The van der Waals surface area contributed by atoms with Gasteiger partial charge in [-0.3, -0.25) is 0 Å². The second-order valence-electron chi connectivity index (χ2n) is 23.3. The zero-order valence-corrected chi connectivity index (χ0v) is 48.5. The van der Waals surface area contributed by atoms with Crippen LogP contribution in [0.3, 0.4) is 0 Å². The Morgan fingerprint density at radius 3 is 0.787 bits per heavy atom. The van der Waals surface area contributed by atoms with Gasteiger partial charge in [0.15, 0.2) is 0 Å². The number of nitrogens with zero attached hydrogens (tertiary/aromatic N) is 5. The Morgan fingerprint density at radius 1 is 0.157 bits per heavy atom. The number of rotatable bonds is 10. The summed E-state index contributed by atoms with van der Waals surface area (Å²) in [7, 11) is 0. The van der Waals surface area contributed by atoms with Gasteiger partial charge in [-0.05, 0) is 179 Å². The van der Waals surface area contributed by atoms with Crippen molar-refractivity contribution in [3.8, 4) is 56.1 Å². The number of para-hydroxylation sites is 5. The molecule has 0 radical (unpaired) electrons. The molecule has 0 amide bonds. The monoisotopic (exact) mass is 1130 g/mol. The molecule has 0 atom stereocenters. The maximum absolute atomic E-state index is 2.48. The van der Waals surface area contributed by atoms with E-state index in [0.29, 0.717) is 0 Å². The highest BCUT2D eigenvalue weighted by Crippen LogP contribution is 2.45. The molecular weight excluding hydrogens is 1080 g/mol. The minimum absolute atomic E-state index is 1.06. The van der Waals surface area contributed by atoms with Crippen LogP contribution in [0.5, 0.6) is 0 Å². The molecule has 0 aliphatic heterocycles. The molecule has 18 rings (SSSR count). The zero-order valence-electron chi connectivity index (χ0n) is 48.5. The molecule has 4 aromatic heterocycles. The van der Waals surface area contributed by atoms with Crippen molar-refractivity contribution in [3.63, 3.8) is 0 Å². The van der Waals surface area contributed by atoms with Gasteiger partial charge in [-0.25, -0.2) is 0 Å². The second kappa shape index (κ2) is 20.4. The normalized spacial score (nSPS) is 11.8. The lowest BCUT2D eigenvalue weighted by Crippen LogP contribution is -2.10. The number of hydrogen-bond donors (Lipinski definition) is 0. The van der Waals surface area contributed by atoms with Crippen LogP contribution in [0.15, 0.2) is 334 Å². The fraction of sp³-hybridized carbons (Fsp3) is 0. The molecular formula is C84H55N5. The van der Waals surface area contributed by atoms with Crippen LogP contribution in [-0.2, 0) is 0 Å². The molecule has 4 heterocycles. The molecule has 0 spiro atoms. The Morgan fingerprint density at radius 2 is 0.416 bits per heavy atom. The van der Waals surface area contributed by atoms with Crippen molar-refractivity contribution >= 4 is 104 Å². The van der Waals surface area contributed by atoms with Crippen molar-refractivity contribution in [2.24, 2.45) is 0 Å². The van der Waals surface area contributed by atoms with Crippen molar-refractivity contribution in [1.82, 2.24) is 18.3 Å². The van der Waals surface area contributed by atoms with Crippen LogP contribution < -0.4 is 4.90 Å². The Kier molecular flexibility index (Phi) is 11.5. The molecule has 0 N–H and O–H groups in total. The van der Waals surface area contributed by atoms with Crippen LogP contribution in [0.1, 0.15) is 0 Å². The van der Waals surface area contributed by atoms with Crippen molar-refractivity contribution in [3.05, 3.63) is 334 Å². The summed E-state index contributed by atoms with van der Waals surface area (Å²) in [5, 5.41) is 9.75. The van der Waals surface area contributed by atoms with E-state index in [4.69, 9.17) is 0 Å². The fourth-order valence-electron chi connectivity index (χ4n) is 14.2. The average Bonchev–Trinajstić information content (AvgIpc) is 1.62. The van der Waals surface area contributed by atoms with E-state index in [1.807, 2.05) is 0 Å². The molecule has 0 bridgehead atoms. The van der Waals surface area contributed by atoms with Gasteiger partial charge < -0.3 is 23.2 Å². The van der Waals surface area contributed by atoms with Crippen LogP contribution >= 0.6 is 0 Å². The van der Waals surface area contributed by atoms with Crippen molar-refractivity contribution in [2.45, 2.75) is 0 Å². The van der Waals surface area contributed by atoms with Gasteiger partial charge in [-0.2, -0.15) is 0 Å². The van der Waals surface area contributed by atoms with E-state index in [1.54, 1.807) is 0 Å². The average molecular weight is 1130 g/mol. The topological polar surface area (TPSA) is 23.0 Å². The number of anilines is 3. The molecule has 0 fully saturated rings. The minimum Gasteiger partial charge on any atom is -0.311 e. The summed E-state index contributed by atoms with van der Waals surface area (Å²) < 4.78 is 9.77. The predicted octanol–water partition coefficient (Wildman–Crippen LogP) is 22.5. The van der Waals surface area contributed by atoms with E-state index < -0.39 is 0 Å². The maximum atomic E-state index is 2.48. The molecule has 0 aliphatic rings. The van der Waals surface area contributed by atoms with Crippen molar-refractivity contribution < 1.29 is 0 Å². The van der Waals surface area contributed by atoms with Gasteiger partial charge in [-0.1, -0.05) is 188 Å². The predicted molar refractivity (Wildman–Crippen MR) is 375 cm³/mol. The van der Waals surface area contributed by atoms with Crippen molar-refractivity contribution in [2.75, 3.05) is 4.90 Å². The van der Waals surface area contributed by atoms with Gasteiger partial charge in [0.25, 0.3) is 0 Å². The SMILES string of the molecule is c1ccc(-c2ccc(N(c3ccc(-c4ccccc4)cc3)c3ccc(-n4c5ccc(-c6ccc7c(c6)c6cc8c9ccccc9n(-c9ccccc9)c8cc6n7-c6ccccc6)cc5c5cc6c7ccccc7n(-c7ccccc7)c6cc54)cc3)cc2)cc1. The summed E-state index contributed by atoms with van der Waals surface area (Å²) in [6.45, 7) is 0. The van der Waals surface area contributed by atoms with Gasteiger partial charge in [0.05, 0.1) is 44.1 Å². The second-order valence-corrected chi connectivity index (χ2v) is 23.3. The van der Waals surface area contributed by atoms with Gasteiger partial charge in [0.1, 0.15) is 0 Å². The maximum Gasteiger partial charge on any atom is 0.0562 e. The van der Waals surface area contributed by atoms with Crippen LogP contribution in [0.2, 0.25) is 0 Å². The van der Waals surface area contributed by atoms with E-state index in [0.717, 1.165) is 61.9 Å². The lowest BCUT2D eigenvalue weighted by molar-refractivity contribution is 1.16. The molecule has 0 unspecified atom stereocenters. The molecule has 416 valence electrons. The Balaban J connectivity index is 0.827. The largest absolute Gasteiger partial charge is 0.311 e. The highest BCUT2D eigenvalue weighted by atomic mass is 15.1. The van der Waals surface area contributed by atoms with Gasteiger partial charge >= 0.3 is 0 Å². The first-order valence-electron chi connectivity index (χ1n) is 30.6. The van der Waals surface area contributed by atoms with Crippen molar-refractivity contribution in [1.29, 1.82) is 0 Å². The van der Waals surface area contributed by atoms with E-state index >= 15 is 0 Å². The molecule has 0 saturated carbocycles. The van der Waals surface area contributed by atoms with Gasteiger partial charge in [0, 0.05) is 82.9 Å². The first kappa shape index (κ1) is 50.4. The number of aromatic nitrogens is 4. The van der Waals surface area contributed by atoms with Crippen LogP contribution in [0.25, 0.3) is 143 Å². The zero-order chi connectivity index (χ0) is 58.5. The number of benzene rings is 14. The molecule has 5 heteroatoms. The Hall–Kier alpha value is -11.9. The van der Waals surface area contributed by atoms with E-state index in [2.05, 4.69) is 357 Å². The highest BCUT2D eigenvalue weighted by molar-refractivity contribution is 6.22. The smallest absolute Gasteiger partial charge is 0.0562 e. The third-order valence-electron chi connectivity index (χ3n) is 18.3. The van der Waals surface area contributed by atoms with Crippen LogP contribution in [0, 0.1) is 0 Å². The van der Waals surface area contributed by atoms with Gasteiger partial charge in [0.2, 0.25) is 0 Å². The molecule has 14 aromatic carbocycles. The summed E-state index contributed by atoms with van der Waals surface area (Å²) in [5.41, 5.74) is 24.1. The molecule has 18 aromatic rings. The molecule has 5 nitrogen and oxygen atoms in total. The summed E-state index contributed by atoms with van der Waals surface area (Å²) in [6, 6.07) is 122. The Labute approximate surface area is 514 Å². The lowest BCUT2D eigenvalue weighted by Gasteiger charge is -2.26. The highest BCUT2D eigenvalue weighted by Gasteiger charge is 2.23.